The molecule has 10 heteroatoms. The van der Waals surface area contributed by atoms with Crippen molar-refractivity contribution in [3.63, 3.8) is 0 Å². The maximum atomic E-state index is 12.5. The van der Waals surface area contributed by atoms with Crippen LogP contribution >= 0.6 is 0 Å². The van der Waals surface area contributed by atoms with Crippen LogP contribution in [0.3, 0.4) is 0 Å². The highest BCUT2D eigenvalue weighted by Crippen LogP contribution is 2.24. The van der Waals surface area contributed by atoms with Crippen molar-refractivity contribution in [3.8, 4) is 0 Å². The molecule has 0 saturated carbocycles. The fourth-order valence-electron chi connectivity index (χ4n) is 1.59. The second-order valence-corrected chi connectivity index (χ2v) is 5.55. The molecule has 0 atom stereocenters. The summed E-state index contributed by atoms with van der Waals surface area (Å²) in [5.74, 6) is -1.13. The van der Waals surface area contributed by atoms with Crippen LogP contribution in [-0.4, -0.2) is 40.6 Å². The quantitative estimate of drug-likeness (QED) is 0.920. The van der Waals surface area contributed by atoms with Crippen molar-refractivity contribution in [2.45, 2.75) is 39.1 Å². The van der Waals surface area contributed by atoms with E-state index in [1.807, 2.05) is 0 Å². The van der Waals surface area contributed by atoms with Gasteiger partial charge in [-0.2, -0.15) is 18.3 Å². The number of hydrogen-bond acceptors (Lipinski definition) is 4. The number of nitrogens with two attached hydrogens (primary N) is 1. The van der Waals surface area contributed by atoms with Crippen molar-refractivity contribution in [1.82, 2.24) is 9.78 Å². The lowest BCUT2D eigenvalue weighted by molar-refractivity contribution is -0.142. The molecule has 0 saturated heterocycles. The van der Waals surface area contributed by atoms with Crippen LogP contribution in [0.4, 0.5) is 23.7 Å². The first-order chi connectivity index (χ1) is 9.82. The predicted molar refractivity (Wildman–Crippen MR) is 71.4 cm³/mol. The number of rotatable bonds is 3. The lowest BCUT2D eigenvalue weighted by Gasteiger charge is -2.24. The lowest BCUT2D eigenvalue weighted by atomic mass is 10.2. The first kappa shape index (κ1) is 17.8. The fraction of sp³-hybridized carbons (Fsp3) is 0.583. The molecule has 0 fully saturated rings. The van der Waals surface area contributed by atoms with Gasteiger partial charge < -0.3 is 10.5 Å². The number of ether oxygens (including phenoxy) is 1. The molecule has 0 radical (unpaired) electrons. The molecule has 1 aromatic rings. The van der Waals surface area contributed by atoms with E-state index in [4.69, 9.17) is 10.5 Å². The van der Waals surface area contributed by atoms with E-state index in [1.54, 1.807) is 20.8 Å². The number of primary amides is 1. The van der Waals surface area contributed by atoms with Crippen LogP contribution in [0.15, 0.2) is 6.20 Å². The summed E-state index contributed by atoms with van der Waals surface area (Å²) in [6.07, 6.45) is -4.48. The van der Waals surface area contributed by atoms with Gasteiger partial charge in [-0.1, -0.05) is 0 Å². The molecule has 0 spiro atoms. The molecule has 1 rings (SSSR count). The number of nitrogens with zero attached hydrogens (tertiary/aromatic N) is 3. The van der Waals surface area contributed by atoms with Crippen LogP contribution in [0, 0.1) is 0 Å². The molecule has 0 bridgehead atoms. The Morgan fingerprint density at radius 2 is 1.91 bits per heavy atom. The number of carbonyl (C=O) groups is 2. The van der Waals surface area contributed by atoms with Crippen molar-refractivity contribution in [3.05, 3.63) is 11.9 Å². The van der Waals surface area contributed by atoms with Gasteiger partial charge in [0.2, 0.25) is 0 Å². The number of aromatic nitrogens is 2. The molecule has 7 nitrogen and oxygen atoms in total. The molecule has 1 aromatic heterocycles. The summed E-state index contributed by atoms with van der Waals surface area (Å²) >= 11 is 0. The summed E-state index contributed by atoms with van der Waals surface area (Å²) in [7, 11) is 1.25. The summed E-state index contributed by atoms with van der Waals surface area (Å²) in [4.78, 5) is 24.2. The van der Waals surface area contributed by atoms with Crippen LogP contribution in [0.2, 0.25) is 0 Å². The highest BCUT2D eigenvalue weighted by Gasteiger charge is 2.33. The summed E-state index contributed by atoms with van der Waals surface area (Å²) in [5.41, 5.74) is 3.61. The van der Waals surface area contributed by atoms with Gasteiger partial charge >= 0.3 is 12.3 Å². The van der Waals surface area contributed by atoms with Gasteiger partial charge in [-0.3, -0.25) is 9.69 Å². The third-order valence-corrected chi connectivity index (χ3v) is 2.41. The minimum atomic E-state index is -4.59. The normalized spacial score (nSPS) is 12.1. The highest BCUT2D eigenvalue weighted by molar-refractivity contribution is 6.01. The maximum absolute atomic E-state index is 12.5. The van der Waals surface area contributed by atoms with Crippen LogP contribution in [0.25, 0.3) is 0 Å². The third kappa shape index (κ3) is 4.64. The van der Waals surface area contributed by atoms with Crippen molar-refractivity contribution in [1.29, 1.82) is 0 Å². The smallest absolute Gasteiger partial charge is 0.414 e. The number of alkyl halides is 3. The number of carbonyl (C=O) groups excluding carboxylic acids is 2. The zero-order chi connectivity index (χ0) is 17.3. The molecular formula is C12H17F3N4O3. The number of halogens is 3. The topological polar surface area (TPSA) is 90.5 Å². The fourth-order valence-corrected chi connectivity index (χ4v) is 1.59. The molecule has 124 valence electrons. The van der Waals surface area contributed by atoms with E-state index in [9.17, 15) is 22.8 Å². The first-order valence-corrected chi connectivity index (χ1v) is 6.21. The predicted octanol–water partition coefficient (Wildman–Crippen LogP) is 1.92. The lowest BCUT2D eigenvalue weighted by Crippen LogP contribution is -2.35. The molecule has 0 aliphatic rings. The van der Waals surface area contributed by atoms with Gasteiger partial charge in [0.1, 0.15) is 17.8 Å². The average Bonchev–Trinajstić information content (AvgIpc) is 2.66. The Hall–Kier alpha value is -2.26. The second-order valence-electron chi connectivity index (χ2n) is 5.55. The van der Waals surface area contributed by atoms with E-state index in [2.05, 4.69) is 5.10 Å². The molecule has 0 aliphatic heterocycles. The Balaban J connectivity index is 3.14. The number of amides is 2. The Bertz CT molecular complexity index is 575. The second kappa shape index (κ2) is 5.85. The van der Waals surface area contributed by atoms with Crippen molar-refractivity contribution >= 4 is 17.7 Å². The van der Waals surface area contributed by atoms with Crippen LogP contribution < -0.4 is 10.6 Å². The van der Waals surface area contributed by atoms with Gasteiger partial charge in [-0.25, -0.2) is 9.48 Å². The van der Waals surface area contributed by atoms with Crippen LogP contribution in [0.1, 0.15) is 31.3 Å². The summed E-state index contributed by atoms with van der Waals surface area (Å²) in [6, 6.07) is 0. The van der Waals surface area contributed by atoms with E-state index < -0.39 is 36.0 Å². The molecule has 2 amide bonds. The van der Waals surface area contributed by atoms with Gasteiger partial charge in [0, 0.05) is 7.05 Å². The summed E-state index contributed by atoms with van der Waals surface area (Å²) < 4.78 is 42.8. The molecule has 0 unspecified atom stereocenters. The maximum Gasteiger partial charge on any atom is 0.414 e. The van der Waals surface area contributed by atoms with E-state index in [0.29, 0.717) is 4.68 Å². The molecule has 2 N–H and O–H groups in total. The Morgan fingerprint density at radius 3 is 2.32 bits per heavy atom. The Kier molecular flexibility index (Phi) is 4.73. The molecular weight excluding hydrogens is 305 g/mol. The van der Waals surface area contributed by atoms with E-state index in [0.717, 1.165) is 11.1 Å². The number of anilines is 1. The van der Waals surface area contributed by atoms with Crippen LogP contribution in [0.5, 0.6) is 0 Å². The van der Waals surface area contributed by atoms with E-state index >= 15 is 0 Å². The van der Waals surface area contributed by atoms with Gasteiger partial charge in [-0.05, 0) is 20.8 Å². The van der Waals surface area contributed by atoms with Gasteiger partial charge in [0.25, 0.3) is 5.91 Å². The van der Waals surface area contributed by atoms with Crippen molar-refractivity contribution in [2.75, 3.05) is 11.9 Å². The highest BCUT2D eigenvalue weighted by atomic mass is 19.4. The largest absolute Gasteiger partial charge is 0.443 e. The zero-order valence-corrected chi connectivity index (χ0v) is 12.6. The van der Waals surface area contributed by atoms with Crippen molar-refractivity contribution < 1.29 is 27.5 Å². The van der Waals surface area contributed by atoms with Gasteiger partial charge in [-0.15, -0.1) is 0 Å². The van der Waals surface area contributed by atoms with E-state index in [1.165, 1.54) is 7.05 Å². The average molecular weight is 322 g/mol. The van der Waals surface area contributed by atoms with Gasteiger partial charge in [0.15, 0.2) is 0 Å². The van der Waals surface area contributed by atoms with E-state index in [-0.39, 0.29) is 5.69 Å². The molecule has 22 heavy (non-hydrogen) atoms. The monoisotopic (exact) mass is 322 g/mol. The van der Waals surface area contributed by atoms with Gasteiger partial charge in [0.05, 0.1) is 11.9 Å². The van der Waals surface area contributed by atoms with Crippen molar-refractivity contribution in [2.24, 2.45) is 5.73 Å². The Morgan fingerprint density at radius 1 is 1.36 bits per heavy atom. The standard InChI is InChI=1S/C12H17F3N4O3/c1-11(2,3)22-10(21)18(4)7-5-17-19(6-12(13,14)15)8(7)9(16)20/h5H,6H2,1-4H3,(H2,16,20). The summed E-state index contributed by atoms with van der Waals surface area (Å²) in [5, 5.41) is 3.47. The first-order valence-electron chi connectivity index (χ1n) is 6.21. The minimum absolute atomic E-state index is 0.161. The molecule has 0 aliphatic carbocycles. The van der Waals surface area contributed by atoms with Crippen LogP contribution in [-0.2, 0) is 11.3 Å². The molecule has 0 aromatic carbocycles. The Labute approximate surface area is 124 Å². The molecule has 1 heterocycles. The zero-order valence-electron chi connectivity index (χ0n) is 12.6. The SMILES string of the molecule is CN(C(=O)OC(C)(C)C)c1cnn(CC(F)(F)F)c1C(N)=O. The minimum Gasteiger partial charge on any atom is -0.443 e. The summed E-state index contributed by atoms with van der Waals surface area (Å²) in [6.45, 7) is 3.38. The number of hydrogen-bond donors (Lipinski definition) is 1. The third-order valence-electron chi connectivity index (χ3n) is 2.41.